The van der Waals surface area contributed by atoms with Gasteiger partial charge in [-0.2, -0.15) is 0 Å². The summed E-state index contributed by atoms with van der Waals surface area (Å²) in [5, 5.41) is 6.44. The number of aromatic nitrogens is 1. The van der Waals surface area contributed by atoms with E-state index in [4.69, 9.17) is 0 Å². The molecule has 2 aliphatic rings. The van der Waals surface area contributed by atoms with Gasteiger partial charge in [0.1, 0.15) is 16.1 Å². The van der Waals surface area contributed by atoms with E-state index < -0.39 is 5.54 Å². The normalized spacial score (nSPS) is 21.7. The van der Waals surface area contributed by atoms with Gasteiger partial charge in [-0.05, 0) is 55.7 Å². The molecule has 3 aromatic rings. The van der Waals surface area contributed by atoms with Crippen molar-refractivity contribution >= 4 is 33.4 Å². The summed E-state index contributed by atoms with van der Waals surface area (Å²) in [6.07, 6.45) is 7.37. The van der Waals surface area contributed by atoms with E-state index >= 15 is 0 Å². The molecule has 0 saturated heterocycles. The number of amides is 2. The maximum Gasteiger partial charge on any atom is 0.271 e. The Bertz CT molecular complexity index is 1110. The van der Waals surface area contributed by atoms with Crippen LogP contribution < -0.4 is 5.32 Å². The zero-order valence-corrected chi connectivity index (χ0v) is 19.5. The molecule has 5 rings (SSSR count). The van der Waals surface area contributed by atoms with Gasteiger partial charge >= 0.3 is 0 Å². The van der Waals surface area contributed by atoms with Crippen molar-refractivity contribution < 1.29 is 9.59 Å². The Morgan fingerprint density at radius 2 is 1.94 bits per heavy atom. The highest BCUT2D eigenvalue weighted by molar-refractivity contribution is 7.16. The van der Waals surface area contributed by atoms with Gasteiger partial charge in [0.25, 0.3) is 5.91 Å². The van der Waals surface area contributed by atoms with Crippen LogP contribution in [0.1, 0.15) is 61.5 Å². The molecule has 2 aromatic heterocycles. The van der Waals surface area contributed by atoms with Crippen molar-refractivity contribution in [3.05, 3.63) is 59.1 Å². The molecule has 0 radical (unpaired) electrons. The van der Waals surface area contributed by atoms with E-state index in [1.807, 2.05) is 41.5 Å². The largest absolute Gasteiger partial charge is 0.351 e. The highest BCUT2D eigenvalue weighted by Crippen LogP contribution is 2.35. The fraction of sp³-hybridized carbons (Fsp3) is 0.462. The number of aryl methyl sites for hydroxylation is 1. The van der Waals surface area contributed by atoms with Gasteiger partial charge in [-0.25, -0.2) is 0 Å². The molecule has 1 atom stereocenters. The predicted octanol–water partition coefficient (Wildman–Crippen LogP) is 5.00. The Hall–Kier alpha value is -2.60. The van der Waals surface area contributed by atoms with Crippen molar-refractivity contribution in [3.8, 4) is 0 Å². The lowest BCUT2D eigenvalue weighted by molar-refractivity contribution is -0.133. The molecule has 1 aliphatic heterocycles. The summed E-state index contributed by atoms with van der Waals surface area (Å²) in [4.78, 5) is 30.3. The SMILES string of the molecule is CC1(C(=O)NC2CCCCC2)Cn2c(cc3ccsc32)C(=O)N1CCCc1ccccc1. The van der Waals surface area contributed by atoms with Crippen LogP contribution in [0.5, 0.6) is 0 Å². The molecule has 0 bridgehead atoms. The quantitative estimate of drug-likeness (QED) is 0.576. The molecule has 1 fully saturated rings. The van der Waals surface area contributed by atoms with Crippen molar-refractivity contribution in [2.45, 2.75) is 70.0 Å². The average Bonchev–Trinajstić information content (AvgIpc) is 3.40. The second-order valence-electron chi connectivity index (χ2n) is 9.43. The first-order valence-electron chi connectivity index (χ1n) is 11.8. The Morgan fingerprint density at radius 3 is 2.72 bits per heavy atom. The molecule has 5 nitrogen and oxygen atoms in total. The predicted molar refractivity (Wildman–Crippen MR) is 129 cm³/mol. The summed E-state index contributed by atoms with van der Waals surface area (Å²) in [5.41, 5.74) is 1.07. The van der Waals surface area contributed by atoms with Gasteiger partial charge in [0.05, 0.1) is 6.54 Å². The number of carbonyl (C=O) groups excluding carboxylic acids is 2. The molecule has 3 heterocycles. The Kier molecular flexibility index (Phi) is 5.80. The molecule has 6 heteroatoms. The highest BCUT2D eigenvalue weighted by Gasteiger charge is 2.48. The first kappa shape index (κ1) is 21.3. The topological polar surface area (TPSA) is 54.3 Å². The van der Waals surface area contributed by atoms with Gasteiger partial charge in [0, 0.05) is 18.0 Å². The summed E-state index contributed by atoms with van der Waals surface area (Å²) in [6.45, 7) is 3.02. The molecule has 2 amide bonds. The Balaban J connectivity index is 1.42. The lowest BCUT2D eigenvalue weighted by Crippen LogP contribution is -2.65. The first-order chi connectivity index (χ1) is 15.6. The summed E-state index contributed by atoms with van der Waals surface area (Å²) >= 11 is 1.64. The van der Waals surface area contributed by atoms with Crippen LogP contribution in [-0.4, -0.2) is 39.4 Å². The van der Waals surface area contributed by atoms with E-state index in [0.29, 0.717) is 18.8 Å². The summed E-state index contributed by atoms with van der Waals surface area (Å²) in [7, 11) is 0. The van der Waals surface area contributed by atoms with Gasteiger partial charge in [0.2, 0.25) is 5.91 Å². The number of hydrogen-bond acceptors (Lipinski definition) is 3. The highest BCUT2D eigenvalue weighted by atomic mass is 32.1. The van der Waals surface area contributed by atoms with E-state index in [1.165, 1.54) is 24.8 Å². The minimum absolute atomic E-state index is 0.0125. The molecule has 1 aromatic carbocycles. The second-order valence-corrected chi connectivity index (χ2v) is 10.3. The van der Waals surface area contributed by atoms with Crippen molar-refractivity contribution in [3.63, 3.8) is 0 Å². The van der Waals surface area contributed by atoms with Crippen LogP contribution in [0.4, 0.5) is 0 Å². The number of benzene rings is 1. The number of nitrogens with one attached hydrogen (secondary N) is 1. The average molecular weight is 450 g/mol. The third-order valence-corrected chi connectivity index (χ3v) is 8.10. The fourth-order valence-corrected chi connectivity index (χ4v) is 6.18. The number of hydrogen-bond donors (Lipinski definition) is 1. The van der Waals surface area contributed by atoms with Gasteiger partial charge in [-0.1, -0.05) is 49.6 Å². The molecule has 1 unspecified atom stereocenters. The van der Waals surface area contributed by atoms with Crippen LogP contribution in [0.3, 0.4) is 0 Å². The number of rotatable bonds is 6. The number of carbonyl (C=O) groups is 2. The smallest absolute Gasteiger partial charge is 0.271 e. The van der Waals surface area contributed by atoms with Crippen LogP contribution in [0.2, 0.25) is 0 Å². The third kappa shape index (κ3) is 3.85. The third-order valence-electron chi connectivity index (χ3n) is 7.15. The fourth-order valence-electron chi connectivity index (χ4n) is 5.28. The monoisotopic (exact) mass is 449 g/mol. The number of thiophene rings is 1. The second kappa shape index (κ2) is 8.74. The van der Waals surface area contributed by atoms with Crippen LogP contribution in [-0.2, 0) is 17.8 Å². The number of nitrogens with zero attached hydrogens (tertiary/aromatic N) is 2. The van der Waals surface area contributed by atoms with E-state index in [0.717, 1.165) is 35.9 Å². The summed E-state index contributed by atoms with van der Waals surface area (Å²) in [6, 6.07) is 14.6. The standard InChI is InChI=1S/C26H31N3O2S/c1-26(25(31)27-21-12-6-3-7-13-21)18-28-22(17-20-14-16-32-24(20)28)23(30)29(26)15-8-11-19-9-4-2-5-10-19/h2,4-5,9-10,14,16-17,21H,3,6-8,11-13,15,18H2,1H3,(H,27,31). The molecule has 32 heavy (non-hydrogen) atoms. The number of fused-ring (bicyclic) bond motifs is 3. The van der Waals surface area contributed by atoms with Gasteiger partial charge in [-0.3, -0.25) is 9.59 Å². The lowest BCUT2D eigenvalue weighted by Gasteiger charge is -2.45. The molecule has 1 N–H and O–H groups in total. The van der Waals surface area contributed by atoms with E-state index in [2.05, 4.69) is 28.1 Å². The summed E-state index contributed by atoms with van der Waals surface area (Å²) < 4.78 is 2.07. The van der Waals surface area contributed by atoms with Crippen molar-refractivity contribution in [1.82, 2.24) is 14.8 Å². The van der Waals surface area contributed by atoms with Crippen molar-refractivity contribution in [2.75, 3.05) is 6.54 Å². The van der Waals surface area contributed by atoms with Gasteiger partial charge in [-0.15, -0.1) is 11.3 Å². The molecule has 168 valence electrons. The minimum atomic E-state index is -0.895. The Morgan fingerprint density at radius 1 is 1.16 bits per heavy atom. The minimum Gasteiger partial charge on any atom is -0.351 e. The van der Waals surface area contributed by atoms with Crippen LogP contribution in [0.25, 0.3) is 10.2 Å². The zero-order valence-electron chi connectivity index (χ0n) is 18.7. The van der Waals surface area contributed by atoms with Crippen LogP contribution in [0, 0.1) is 0 Å². The van der Waals surface area contributed by atoms with E-state index in [1.54, 1.807) is 11.3 Å². The van der Waals surface area contributed by atoms with Crippen LogP contribution in [0.15, 0.2) is 47.8 Å². The Labute approximate surface area is 193 Å². The summed E-state index contributed by atoms with van der Waals surface area (Å²) in [5.74, 6) is -0.0458. The van der Waals surface area contributed by atoms with Crippen molar-refractivity contribution in [1.29, 1.82) is 0 Å². The van der Waals surface area contributed by atoms with Gasteiger partial charge < -0.3 is 14.8 Å². The molecule has 0 spiro atoms. The zero-order chi connectivity index (χ0) is 22.1. The maximum atomic E-state index is 13.7. The molecular weight excluding hydrogens is 418 g/mol. The lowest BCUT2D eigenvalue weighted by atomic mass is 9.91. The van der Waals surface area contributed by atoms with Gasteiger partial charge in [0.15, 0.2) is 0 Å². The first-order valence-corrected chi connectivity index (χ1v) is 12.7. The molecular formula is C26H31N3O2S. The van der Waals surface area contributed by atoms with Crippen molar-refractivity contribution in [2.24, 2.45) is 0 Å². The molecule has 1 saturated carbocycles. The van der Waals surface area contributed by atoms with E-state index in [-0.39, 0.29) is 17.9 Å². The van der Waals surface area contributed by atoms with Crippen LogP contribution >= 0.6 is 11.3 Å². The van der Waals surface area contributed by atoms with E-state index in [9.17, 15) is 9.59 Å². The maximum absolute atomic E-state index is 13.7. The molecule has 1 aliphatic carbocycles.